The Bertz CT molecular complexity index is 769. The summed E-state index contributed by atoms with van der Waals surface area (Å²) < 4.78 is 5.42. The van der Waals surface area contributed by atoms with Crippen molar-refractivity contribution in [3.63, 3.8) is 0 Å². The number of aromatic nitrogens is 1. The van der Waals surface area contributed by atoms with Crippen LogP contribution in [0.25, 0.3) is 0 Å². The first-order chi connectivity index (χ1) is 11.4. The summed E-state index contributed by atoms with van der Waals surface area (Å²) in [4.78, 5) is 28.5. The molecule has 8 heteroatoms. The molecule has 0 aliphatic carbocycles. The summed E-state index contributed by atoms with van der Waals surface area (Å²) >= 11 is 0. The highest BCUT2D eigenvalue weighted by atomic mass is 16.6. The first kappa shape index (κ1) is 16.0. The van der Waals surface area contributed by atoms with Gasteiger partial charge >= 0.3 is 0 Å². The maximum Gasteiger partial charge on any atom is 0.287 e. The molecule has 1 aliphatic rings. The first-order valence-electron chi connectivity index (χ1n) is 7.67. The van der Waals surface area contributed by atoms with Gasteiger partial charge < -0.3 is 14.6 Å². The number of nitro groups is 1. The van der Waals surface area contributed by atoms with Gasteiger partial charge in [-0.1, -0.05) is 0 Å². The Morgan fingerprint density at radius 3 is 2.83 bits per heavy atom. The van der Waals surface area contributed by atoms with Crippen molar-refractivity contribution in [1.29, 1.82) is 0 Å². The number of aryl methyl sites for hydroxylation is 2. The number of pyridine rings is 1. The van der Waals surface area contributed by atoms with Crippen molar-refractivity contribution < 1.29 is 14.1 Å². The number of anilines is 1. The lowest BCUT2D eigenvalue weighted by Gasteiger charge is -2.17. The third-order valence-corrected chi connectivity index (χ3v) is 4.06. The van der Waals surface area contributed by atoms with Crippen LogP contribution in [0.3, 0.4) is 0 Å². The van der Waals surface area contributed by atoms with Crippen LogP contribution < -0.4 is 5.32 Å². The van der Waals surface area contributed by atoms with Crippen LogP contribution in [0.1, 0.15) is 28.3 Å². The number of amides is 1. The van der Waals surface area contributed by atoms with Crippen LogP contribution in [0.5, 0.6) is 0 Å². The van der Waals surface area contributed by atoms with Gasteiger partial charge in [-0.25, -0.2) is 4.98 Å². The molecule has 3 rings (SSSR count). The molecule has 1 aliphatic heterocycles. The summed E-state index contributed by atoms with van der Waals surface area (Å²) in [7, 11) is 0. The summed E-state index contributed by atoms with van der Waals surface area (Å²) in [5, 5.41) is 13.8. The van der Waals surface area contributed by atoms with Gasteiger partial charge in [-0.15, -0.1) is 0 Å². The van der Waals surface area contributed by atoms with Crippen molar-refractivity contribution in [2.24, 2.45) is 0 Å². The third-order valence-electron chi connectivity index (χ3n) is 4.06. The van der Waals surface area contributed by atoms with Crippen LogP contribution in [0.15, 0.2) is 28.8 Å². The van der Waals surface area contributed by atoms with Gasteiger partial charge in [0.25, 0.3) is 11.6 Å². The second-order valence-corrected chi connectivity index (χ2v) is 5.87. The van der Waals surface area contributed by atoms with Crippen LogP contribution in [-0.2, 0) is 0 Å². The molecule has 8 nitrogen and oxygen atoms in total. The minimum atomic E-state index is -0.484. The average Bonchev–Trinajstić information content (AvgIpc) is 3.13. The van der Waals surface area contributed by atoms with E-state index >= 15 is 0 Å². The zero-order valence-electron chi connectivity index (χ0n) is 13.5. The number of hydrogen-bond acceptors (Lipinski definition) is 6. The molecular weight excluding hydrogens is 312 g/mol. The van der Waals surface area contributed by atoms with Gasteiger partial charge in [-0.05, 0) is 32.4 Å². The molecule has 1 N–H and O–H groups in total. The zero-order chi connectivity index (χ0) is 17.3. The normalized spacial score (nSPS) is 17.1. The molecule has 0 saturated carbocycles. The fourth-order valence-corrected chi connectivity index (χ4v) is 2.86. The molecule has 24 heavy (non-hydrogen) atoms. The molecule has 126 valence electrons. The Kier molecular flexibility index (Phi) is 4.20. The van der Waals surface area contributed by atoms with Crippen molar-refractivity contribution in [2.45, 2.75) is 26.3 Å². The largest absolute Gasteiger partial charge is 0.466 e. The molecule has 2 aromatic heterocycles. The van der Waals surface area contributed by atoms with Crippen LogP contribution in [0.2, 0.25) is 0 Å². The predicted molar refractivity (Wildman–Crippen MR) is 87.0 cm³/mol. The molecule has 0 aromatic carbocycles. The third kappa shape index (κ3) is 3.22. The number of carbonyl (C=O) groups excluding carboxylic acids is 1. The molecule has 0 radical (unpaired) electrons. The van der Waals surface area contributed by atoms with E-state index in [-0.39, 0.29) is 17.6 Å². The maximum atomic E-state index is 12.5. The van der Waals surface area contributed by atoms with Crippen LogP contribution in [0.4, 0.5) is 11.5 Å². The van der Waals surface area contributed by atoms with Gasteiger partial charge in [0.05, 0.1) is 10.5 Å². The SMILES string of the molecule is Cc1cc(C(=O)N2CC[C@@H](Nc3ccc([N+](=O)[O-])cn3)C2)c(C)o1. The maximum absolute atomic E-state index is 12.5. The number of likely N-dealkylation sites (tertiary alicyclic amines) is 1. The predicted octanol–water partition coefficient (Wildman–Crippen LogP) is 2.53. The summed E-state index contributed by atoms with van der Waals surface area (Å²) in [6.07, 6.45) is 2.01. The molecule has 0 unspecified atom stereocenters. The van der Waals surface area contributed by atoms with Gasteiger partial charge in [0.15, 0.2) is 0 Å². The second-order valence-electron chi connectivity index (χ2n) is 5.87. The molecular formula is C16H18N4O4. The van der Waals surface area contributed by atoms with E-state index in [4.69, 9.17) is 4.42 Å². The van der Waals surface area contributed by atoms with E-state index in [1.54, 1.807) is 24.0 Å². The standard InChI is InChI=1S/C16H18N4O4/c1-10-7-14(11(2)24-10)16(21)19-6-5-12(9-19)18-15-4-3-13(8-17-15)20(22)23/h3-4,7-8,12H,5-6,9H2,1-2H3,(H,17,18)/t12-/m1/s1. The van der Waals surface area contributed by atoms with Crippen molar-refractivity contribution in [2.75, 3.05) is 18.4 Å². The average molecular weight is 330 g/mol. The number of hydrogen-bond donors (Lipinski definition) is 1. The number of carbonyl (C=O) groups is 1. The number of furan rings is 1. The van der Waals surface area contributed by atoms with E-state index < -0.39 is 4.92 Å². The summed E-state index contributed by atoms with van der Waals surface area (Å²) in [5.74, 6) is 1.88. The van der Waals surface area contributed by atoms with E-state index in [1.807, 2.05) is 6.92 Å². The number of nitrogens with one attached hydrogen (secondary N) is 1. The van der Waals surface area contributed by atoms with Crippen LogP contribution in [-0.4, -0.2) is 39.8 Å². The lowest BCUT2D eigenvalue weighted by atomic mass is 10.2. The van der Waals surface area contributed by atoms with Crippen LogP contribution >= 0.6 is 0 Å². The van der Waals surface area contributed by atoms with Crippen molar-refractivity contribution in [1.82, 2.24) is 9.88 Å². The van der Waals surface area contributed by atoms with E-state index in [1.165, 1.54) is 12.3 Å². The minimum absolute atomic E-state index is 0.0368. The van der Waals surface area contributed by atoms with Gasteiger partial charge in [-0.3, -0.25) is 14.9 Å². The van der Waals surface area contributed by atoms with Gasteiger partial charge in [0, 0.05) is 25.2 Å². The Labute approximate surface area is 138 Å². The number of nitrogens with zero attached hydrogens (tertiary/aromatic N) is 3. The lowest BCUT2D eigenvalue weighted by Crippen LogP contribution is -2.31. The minimum Gasteiger partial charge on any atom is -0.466 e. The van der Waals surface area contributed by atoms with Crippen LogP contribution in [0, 0.1) is 24.0 Å². The second kappa shape index (κ2) is 6.31. The summed E-state index contributed by atoms with van der Waals surface area (Å²) in [6.45, 7) is 4.81. The Morgan fingerprint density at radius 2 is 2.25 bits per heavy atom. The van der Waals surface area contributed by atoms with E-state index in [9.17, 15) is 14.9 Å². The molecule has 1 fully saturated rings. The molecule has 1 amide bonds. The summed E-state index contributed by atoms with van der Waals surface area (Å²) in [6, 6.07) is 4.81. The molecule has 1 saturated heterocycles. The topological polar surface area (TPSA) is 102 Å². The van der Waals surface area contributed by atoms with Crippen molar-refractivity contribution >= 4 is 17.4 Å². The highest BCUT2D eigenvalue weighted by Crippen LogP contribution is 2.21. The van der Waals surface area contributed by atoms with E-state index in [0.717, 1.165) is 12.2 Å². The van der Waals surface area contributed by atoms with Crippen molar-refractivity contribution in [3.05, 3.63) is 51.6 Å². The Hall–Kier alpha value is -2.90. The van der Waals surface area contributed by atoms with Gasteiger partial charge in [0.2, 0.25) is 0 Å². The monoisotopic (exact) mass is 330 g/mol. The zero-order valence-corrected chi connectivity index (χ0v) is 13.5. The first-order valence-corrected chi connectivity index (χ1v) is 7.67. The van der Waals surface area contributed by atoms with Gasteiger partial charge in [-0.2, -0.15) is 0 Å². The van der Waals surface area contributed by atoms with Gasteiger partial charge in [0.1, 0.15) is 23.5 Å². The molecule has 1 atom stereocenters. The fourth-order valence-electron chi connectivity index (χ4n) is 2.86. The van der Waals surface area contributed by atoms with E-state index in [2.05, 4.69) is 10.3 Å². The highest BCUT2D eigenvalue weighted by molar-refractivity contribution is 5.95. The van der Waals surface area contributed by atoms with Crippen molar-refractivity contribution in [3.8, 4) is 0 Å². The Balaban J connectivity index is 1.62. The molecule has 0 bridgehead atoms. The smallest absolute Gasteiger partial charge is 0.287 e. The number of rotatable bonds is 4. The quantitative estimate of drug-likeness (QED) is 0.683. The molecule has 2 aromatic rings. The Morgan fingerprint density at radius 1 is 1.46 bits per heavy atom. The lowest BCUT2D eigenvalue weighted by molar-refractivity contribution is -0.385. The van der Waals surface area contributed by atoms with E-state index in [0.29, 0.717) is 30.2 Å². The highest BCUT2D eigenvalue weighted by Gasteiger charge is 2.29. The summed E-state index contributed by atoms with van der Waals surface area (Å²) in [5.41, 5.74) is 0.552. The fraction of sp³-hybridized carbons (Fsp3) is 0.375. The molecule has 0 spiro atoms. The molecule has 3 heterocycles.